The number of rotatable bonds is 3. The summed E-state index contributed by atoms with van der Waals surface area (Å²) in [5.74, 6) is 0.655. The van der Waals surface area contributed by atoms with Crippen molar-refractivity contribution in [2.24, 2.45) is 5.10 Å². The minimum Gasteiger partial charge on any atom is -0.507 e. The van der Waals surface area contributed by atoms with Crippen LogP contribution < -0.4 is 0 Å². The summed E-state index contributed by atoms with van der Waals surface area (Å²) in [6.45, 7) is 0. The van der Waals surface area contributed by atoms with Crippen LogP contribution in [0.25, 0.3) is 11.5 Å². The Morgan fingerprint density at radius 2 is 2.00 bits per heavy atom. The number of aromatic amines is 1. The second kappa shape index (κ2) is 5.68. The third kappa shape index (κ3) is 2.72. The molecule has 3 rings (SSSR count). The molecule has 7 heteroatoms. The highest BCUT2D eigenvalue weighted by Gasteiger charge is 2.08. The lowest BCUT2D eigenvalue weighted by molar-refractivity contribution is 0.474. The van der Waals surface area contributed by atoms with Crippen molar-refractivity contribution in [1.29, 1.82) is 0 Å². The summed E-state index contributed by atoms with van der Waals surface area (Å²) in [6.07, 6.45) is 3.19. The van der Waals surface area contributed by atoms with Gasteiger partial charge in [-0.1, -0.05) is 18.2 Å². The van der Waals surface area contributed by atoms with Crippen molar-refractivity contribution in [3.8, 4) is 17.3 Å². The summed E-state index contributed by atoms with van der Waals surface area (Å²) in [5, 5.41) is 20.8. The van der Waals surface area contributed by atoms with E-state index in [-0.39, 0.29) is 5.75 Å². The summed E-state index contributed by atoms with van der Waals surface area (Å²) in [6, 6.07) is 12.4. The minimum absolute atomic E-state index is 0.149. The largest absolute Gasteiger partial charge is 0.507 e. The molecule has 2 N–H and O–H groups in total. The number of nitrogens with one attached hydrogen (secondary N) is 1. The number of pyridine rings is 1. The van der Waals surface area contributed by atoms with Crippen molar-refractivity contribution < 1.29 is 5.11 Å². The number of nitrogens with zero attached hydrogens (tertiary/aromatic N) is 4. The van der Waals surface area contributed by atoms with Crippen LogP contribution in [0.4, 0.5) is 0 Å². The molecule has 104 valence electrons. The first-order chi connectivity index (χ1) is 10.3. The van der Waals surface area contributed by atoms with E-state index in [0.29, 0.717) is 21.9 Å². The highest BCUT2D eigenvalue weighted by Crippen LogP contribution is 2.15. The zero-order valence-corrected chi connectivity index (χ0v) is 11.7. The number of hydrogen-bond acceptors (Lipinski definition) is 5. The molecule has 0 aliphatic carbocycles. The first-order valence-electron chi connectivity index (χ1n) is 6.17. The maximum absolute atomic E-state index is 9.73. The fourth-order valence-corrected chi connectivity index (χ4v) is 1.96. The highest BCUT2D eigenvalue weighted by atomic mass is 32.1. The van der Waals surface area contributed by atoms with Gasteiger partial charge in [0.15, 0.2) is 0 Å². The molecule has 6 nitrogen and oxygen atoms in total. The summed E-state index contributed by atoms with van der Waals surface area (Å²) in [4.78, 5) is 4.22. The monoisotopic (exact) mass is 297 g/mol. The molecule has 0 aliphatic heterocycles. The number of para-hydroxylation sites is 1. The number of phenols is 1. The van der Waals surface area contributed by atoms with Gasteiger partial charge < -0.3 is 5.11 Å². The standard InChI is InChI=1S/C14H11N5OS/c20-12-7-2-1-5-10(12)9-16-19-13(17-18-14(19)21)11-6-3-4-8-15-11/h1-9,20H,(H,18,21)/b16-9+. The number of benzene rings is 1. The van der Waals surface area contributed by atoms with Gasteiger partial charge in [-0.15, -0.1) is 0 Å². The minimum atomic E-state index is 0.149. The maximum Gasteiger partial charge on any atom is 0.216 e. The van der Waals surface area contributed by atoms with E-state index >= 15 is 0 Å². The molecule has 0 bridgehead atoms. The van der Waals surface area contributed by atoms with E-state index in [1.165, 1.54) is 10.9 Å². The van der Waals surface area contributed by atoms with Gasteiger partial charge in [0.1, 0.15) is 11.4 Å². The fourth-order valence-electron chi connectivity index (χ4n) is 1.78. The van der Waals surface area contributed by atoms with Crippen molar-refractivity contribution in [3.63, 3.8) is 0 Å². The Kier molecular flexibility index (Phi) is 3.57. The number of aromatic hydroxyl groups is 1. The topological polar surface area (TPSA) is 79.1 Å². The summed E-state index contributed by atoms with van der Waals surface area (Å²) >= 11 is 5.16. The predicted octanol–water partition coefficient (Wildman–Crippen LogP) is 2.59. The molecule has 0 aliphatic rings. The van der Waals surface area contributed by atoms with Gasteiger partial charge in [-0.25, -0.2) is 5.10 Å². The SMILES string of the molecule is Oc1ccccc1/C=N/n1c(-c2ccccn2)n[nH]c1=S. The molecule has 0 radical (unpaired) electrons. The Labute approximate surface area is 125 Å². The van der Waals surface area contributed by atoms with E-state index < -0.39 is 0 Å². The van der Waals surface area contributed by atoms with E-state index in [1.807, 2.05) is 24.3 Å². The Balaban J connectivity index is 2.02. The lowest BCUT2D eigenvalue weighted by Crippen LogP contribution is -1.96. The van der Waals surface area contributed by atoms with Crippen LogP contribution in [0.1, 0.15) is 5.56 Å². The molecule has 0 fully saturated rings. The van der Waals surface area contributed by atoms with Crippen molar-refractivity contribution >= 4 is 18.4 Å². The van der Waals surface area contributed by atoms with Gasteiger partial charge in [0.2, 0.25) is 10.6 Å². The average Bonchev–Trinajstić information content (AvgIpc) is 2.88. The van der Waals surface area contributed by atoms with Gasteiger partial charge >= 0.3 is 0 Å². The first-order valence-corrected chi connectivity index (χ1v) is 6.58. The van der Waals surface area contributed by atoms with Gasteiger partial charge in [-0.3, -0.25) is 4.98 Å². The van der Waals surface area contributed by atoms with Gasteiger partial charge in [0, 0.05) is 11.8 Å². The van der Waals surface area contributed by atoms with Gasteiger partial charge in [-0.2, -0.15) is 14.9 Å². The predicted molar refractivity (Wildman–Crippen MR) is 81.7 cm³/mol. The van der Waals surface area contributed by atoms with Gasteiger partial charge in [0.25, 0.3) is 0 Å². The Hall–Kier alpha value is -2.80. The summed E-state index contributed by atoms with van der Waals surface area (Å²) < 4.78 is 1.81. The summed E-state index contributed by atoms with van der Waals surface area (Å²) in [7, 11) is 0. The van der Waals surface area contributed by atoms with Crippen LogP contribution in [0.5, 0.6) is 5.75 Å². The molecule has 3 aromatic rings. The normalized spacial score (nSPS) is 11.0. The van der Waals surface area contributed by atoms with Crippen LogP contribution in [-0.4, -0.2) is 31.2 Å². The van der Waals surface area contributed by atoms with Crippen LogP contribution in [0.2, 0.25) is 0 Å². The quantitative estimate of drug-likeness (QED) is 0.575. The number of phenolic OH excluding ortho intramolecular Hbond substituents is 1. The molecule has 0 amide bonds. The maximum atomic E-state index is 9.73. The molecular weight excluding hydrogens is 286 g/mol. The van der Waals surface area contributed by atoms with E-state index in [1.54, 1.807) is 24.4 Å². The van der Waals surface area contributed by atoms with Crippen molar-refractivity contribution in [2.45, 2.75) is 0 Å². The fraction of sp³-hybridized carbons (Fsp3) is 0. The van der Waals surface area contributed by atoms with Crippen molar-refractivity contribution in [2.75, 3.05) is 0 Å². The number of hydrogen-bond donors (Lipinski definition) is 2. The highest BCUT2D eigenvalue weighted by molar-refractivity contribution is 7.71. The molecule has 0 spiro atoms. The second-order valence-electron chi connectivity index (χ2n) is 4.18. The summed E-state index contributed by atoms with van der Waals surface area (Å²) in [5.41, 5.74) is 1.24. The Morgan fingerprint density at radius 3 is 2.76 bits per heavy atom. The van der Waals surface area contributed by atoms with Gasteiger partial charge in [0.05, 0.1) is 6.21 Å². The van der Waals surface area contributed by atoms with Crippen LogP contribution in [0.15, 0.2) is 53.8 Å². The lowest BCUT2D eigenvalue weighted by atomic mass is 10.2. The molecule has 21 heavy (non-hydrogen) atoms. The van der Waals surface area contributed by atoms with E-state index in [4.69, 9.17) is 12.2 Å². The lowest BCUT2D eigenvalue weighted by Gasteiger charge is -2.00. The molecule has 2 heterocycles. The Bertz CT molecular complexity index is 838. The van der Waals surface area contributed by atoms with Crippen LogP contribution in [0, 0.1) is 4.77 Å². The average molecular weight is 297 g/mol. The molecule has 0 atom stereocenters. The van der Waals surface area contributed by atoms with Crippen molar-refractivity contribution in [3.05, 3.63) is 59.0 Å². The van der Waals surface area contributed by atoms with Crippen LogP contribution >= 0.6 is 12.2 Å². The Morgan fingerprint density at radius 1 is 1.19 bits per heavy atom. The van der Waals surface area contributed by atoms with Gasteiger partial charge in [-0.05, 0) is 36.5 Å². The van der Waals surface area contributed by atoms with Crippen molar-refractivity contribution in [1.82, 2.24) is 19.9 Å². The van der Waals surface area contributed by atoms with E-state index in [0.717, 1.165) is 0 Å². The second-order valence-corrected chi connectivity index (χ2v) is 4.57. The molecular formula is C14H11N5OS. The van der Waals surface area contributed by atoms with Crippen LogP contribution in [-0.2, 0) is 0 Å². The zero-order chi connectivity index (χ0) is 14.7. The third-order valence-electron chi connectivity index (χ3n) is 2.79. The van der Waals surface area contributed by atoms with Crippen LogP contribution in [0.3, 0.4) is 0 Å². The van der Waals surface area contributed by atoms with E-state index in [9.17, 15) is 5.11 Å². The molecule has 1 aromatic carbocycles. The molecule has 0 saturated heterocycles. The third-order valence-corrected chi connectivity index (χ3v) is 3.06. The molecule has 2 aromatic heterocycles. The number of aromatic nitrogens is 4. The molecule has 0 saturated carbocycles. The zero-order valence-electron chi connectivity index (χ0n) is 10.8. The smallest absolute Gasteiger partial charge is 0.216 e. The molecule has 0 unspecified atom stereocenters. The van der Waals surface area contributed by atoms with E-state index in [2.05, 4.69) is 20.3 Å². The first kappa shape index (κ1) is 13.2. The number of H-pyrrole nitrogens is 1.